The zero-order valence-electron chi connectivity index (χ0n) is 17.9. The Kier molecular flexibility index (Phi) is 6.88. The molecule has 0 N–H and O–H groups in total. The Balaban J connectivity index is 1.43. The minimum atomic E-state index is -0.312. The number of likely N-dealkylation sites (tertiary alicyclic amines) is 1. The lowest BCUT2D eigenvalue weighted by atomic mass is 9.61. The molecule has 0 radical (unpaired) electrons. The Morgan fingerprint density at radius 3 is 2.72 bits per heavy atom. The standard InChI is InChI=1S/C24H36N2O3/c1-2-29-23(27)24-11-8-22(26-14-16-28-17-15-26)18-21(24)10-13-25(19-24)12-9-20-6-4-3-5-7-20/h3-7,21-22H,2,8-19H2,1H3/t21-,22-,24-/m1/s1. The molecular weight excluding hydrogens is 364 g/mol. The molecule has 4 rings (SSSR count). The molecule has 2 aliphatic heterocycles. The second-order valence-corrected chi connectivity index (χ2v) is 8.95. The van der Waals surface area contributed by atoms with Gasteiger partial charge in [-0.2, -0.15) is 0 Å². The number of nitrogens with zero attached hydrogens (tertiary/aromatic N) is 2. The van der Waals surface area contributed by atoms with Crippen molar-refractivity contribution >= 4 is 5.97 Å². The van der Waals surface area contributed by atoms with Crippen LogP contribution in [-0.2, 0) is 20.7 Å². The number of carbonyl (C=O) groups excluding carboxylic acids is 1. The summed E-state index contributed by atoms with van der Waals surface area (Å²) in [4.78, 5) is 18.3. The second kappa shape index (κ2) is 9.59. The van der Waals surface area contributed by atoms with E-state index in [0.29, 0.717) is 18.6 Å². The molecule has 0 amide bonds. The van der Waals surface area contributed by atoms with E-state index in [1.807, 2.05) is 6.92 Å². The zero-order valence-corrected chi connectivity index (χ0v) is 17.9. The van der Waals surface area contributed by atoms with Gasteiger partial charge in [-0.25, -0.2) is 0 Å². The van der Waals surface area contributed by atoms with Gasteiger partial charge in [0.2, 0.25) is 0 Å². The fourth-order valence-electron chi connectivity index (χ4n) is 5.72. The van der Waals surface area contributed by atoms with Gasteiger partial charge < -0.3 is 14.4 Å². The number of piperidine rings is 1. The minimum absolute atomic E-state index is 0.0508. The first-order valence-corrected chi connectivity index (χ1v) is 11.5. The fourth-order valence-corrected chi connectivity index (χ4v) is 5.72. The van der Waals surface area contributed by atoms with E-state index in [1.54, 1.807) is 0 Å². The quantitative estimate of drug-likeness (QED) is 0.687. The van der Waals surface area contributed by atoms with Gasteiger partial charge >= 0.3 is 5.97 Å². The maximum absolute atomic E-state index is 13.2. The normalized spacial score (nSPS) is 31.2. The molecule has 3 fully saturated rings. The third-order valence-electron chi connectivity index (χ3n) is 7.36. The molecule has 1 aromatic carbocycles. The fraction of sp³-hybridized carbons (Fsp3) is 0.708. The maximum atomic E-state index is 13.2. The highest BCUT2D eigenvalue weighted by molar-refractivity contribution is 5.78. The van der Waals surface area contributed by atoms with E-state index in [1.165, 1.54) is 5.56 Å². The number of carbonyl (C=O) groups is 1. The van der Waals surface area contributed by atoms with E-state index in [9.17, 15) is 4.79 Å². The van der Waals surface area contributed by atoms with Gasteiger partial charge in [-0.1, -0.05) is 30.3 Å². The van der Waals surface area contributed by atoms with Gasteiger partial charge in [0.15, 0.2) is 0 Å². The van der Waals surface area contributed by atoms with Crippen molar-refractivity contribution in [3.63, 3.8) is 0 Å². The van der Waals surface area contributed by atoms with Crippen LogP contribution in [0.25, 0.3) is 0 Å². The summed E-state index contributed by atoms with van der Waals surface area (Å²) < 4.78 is 11.2. The van der Waals surface area contributed by atoms with Gasteiger partial charge in [0, 0.05) is 32.2 Å². The molecule has 2 heterocycles. The molecule has 1 aromatic rings. The summed E-state index contributed by atoms with van der Waals surface area (Å²) in [6.07, 6.45) is 5.34. The first-order valence-electron chi connectivity index (χ1n) is 11.5. The molecule has 5 heteroatoms. The second-order valence-electron chi connectivity index (χ2n) is 8.95. The Labute approximate surface area is 175 Å². The van der Waals surface area contributed by atoms with Crippen LogP contribution < -0.4 is 0 Å². The molecule has 5 nitrogen and oxygen atoms in total. The van der Waals surface area contributed by atoms with Gasteiger partial charge in [0.1, 0.15) is 0 Å². The summed E-state index contributed by atoms with van der Waals surface area (Å²) in [6.45, 7) is 9.14. The molecule has 1 aliphatic carbocycles. The predicted octanol–water partition coefficient (Wildman–Crippen LogP) is 2.99. The third-order valence-corrected chi connectivity index (χ3v) is 7.36. The number of benzene rings is 1. The Morgan fingerprint density at radius 2 is 1.97 bits per heavy atom. The van der Waals surface area contributed by atoms with Crippen molar-refractivity contribution in [2.24, 2.45) is 11.3 Å². The van der Waals surface area contributed by atoms with Crippen molar-refractivity contribution < 1.29 is 14.3 Å². The average Bonchev–Trinajstić information content (AvgIpc) is 2.78. The molecule has 3 aliphatic rings. The number of hydrogen-bond donors (Lipinski definition) is 0. The van der Waals surface area contributed by atoms with E-state index < -0.39 is 0 Å². The van der Waals surface area contributed by atoms with Crippen LogP contribution in [0.3, 0.4) is 0 Å². The smallest absolute Gasteiger partial charge is 0.313 e. The van der Waals surface area contributed by atoms with Gasteiger partial charge in [-0.15, -0.1) is 0 Å². The molecule has 2 saturated heterocycles. The predicted molar refractivity (Wildman–Crippen MR) is 114 cm³/mol. The number of esters is 1. The van der Waals surface area contributed by atoms with Crippen LogP contribution in [-0.4, -0.2) is 74.4 Å². The van der Waals surface area contributed by atoms with Crippen molar-refractivity contribution in [3.8, 4) is 0 Å². The summed E-state index contributed by atoms with van der Waals surface area (Å²) in [7, 11) is 0. The van der Waals surface area contributed by atoms with Gasteiger partial charge in [-0.3, -0.25) is 9.69 Å². The van der Waals surface area contributed by atoms with E-state index >= 15 is 0 Å². The Bertz CT molecular complexity index is 661. The number of hydrogen-bond acceptors (Lipinski definition) is 5. The van der Waals surface area contributed by atoms with Crippen molar-refractivity contribution in [2.75, 3.05) is 52.5 Å². The molecular formula is C24H36N2O3. The van der Waals surface area contributed by atoms with Crippen LogP contribution in [0.15, 0.2) is 30.3 Å². The van der Waals surface area contributed by atoms with E-state index in [4.69, 9.17) is 9.47 Å². The van der Waals surface area contributed by atoms with E-state index in [-0.39, 0.29) is 11.4 Å². The number of ether oxygens (including phenoxy) is 2. The lowest BCUT2D eigenvalue weighted by Gasteiger charge is -2.52. The van der Waals surface area contributed by atoms with Crippen LogP contribution >= 0.6 is 0 Å². The van der Waals surface area contributed by atoms with Crippen molar-refractivity contribution in [1.29, 1.82) is 0 Å². The summed E-state index contributed by atoms with van der Waals surface area (Å²) in [6, 6.07) is 11.3. The molecule has 160 valence electrons. The minimum Gasteiger partial charge on any atom is -0.466 e. The first-order chi connectivity index (χ1) is 14.2. The molecule has 29 heavy (non-hydrogen) atoms. The van der Waals surface area contributed by atoms with Crippen LogP contribution in [0.2, 0.25) is 0 Å². The monoisotopic (exact) mass is 400 g/mol. The van der Waals surface area contributed by atoms with Crippen LogP contribution in [0.4, 0.5) is 0 Å². The highest BCUT2D eigenvalue weighted by Gasteiger charge is 2.53. The highest BCUT2D eigenvalue weighted by Crippen LogP contribution is 2.48. The highest BCUT2D eigenvalue weighted by atomic mass is 16.5. The Hall–Kier alpha value is -1.43. The van der Waals surface area contributed by atoms with E-state index in [2.05, 4.69) is 40.1 Å². The average molecular weight is 401 g/mol. The zero-order chi connectivity index (χ0) is 20.1. The SMILES string of the molecule is CCOC(=O)[C@@]12CC[C@@H](N3CCOCC3)C[C@H]1CCN(CCc1ccccc1)C2. The summed E-state index contributed by atoms with van der Waals surface area (Å²) in [5.74, 6) is 0.492. The molecule has 0 spiro atoms. The van der Waals surface area contributed by atoms with Crippen molar-refractivity contribution in [1.82, 2.24) is 9.80 Å². The largest absolute Gasteiger partial charge is 0.466 e. The van der Waals surface area contributed by atoms with Crippen LogP contribution in [0, 0.1) is 11.3 Å². The first kappa shape index (κ1) is 20.8. The summed E-state index contributed by atoms with van der Waals surface area (Å²) in [5.41, 5.74) is 1.06. The van der Waals surface area contributed by atoms with Crippen molar-refractivity contribution in [2.45, 2.75) is 45.1 Å². The van der Waals surface area contributed by atoms with Crippen LogP contribution in [0.5, 0.6) is 0 Å². The van der Waals surface area contributed by atoms with Crippen LogP contribution in [0.1, 0.15) is 38.2 Å². The summed E-state index contributed by atoms with van der Waals surface area (Å²) in [5, 5.41) is 0. The molecule has 1 saturated carbocycles. The number of rotatable bonds is 6. The lowest BCUT2D eigenvalue weighted by molar-refractivity contribution is -0.169. The van der Waals surface area contributed by atoms with Gasteiger partial charge in [-0.05, 0) is 57.1 Å². The lowest BCUT2D eigenvalue weighted by Crippen LogP contribution is -2.59. The molecule has 0 aromatic heterocycles. The Morgan fingerprint density at radius 1 is 1.17 bits per heavy atom. The number of fused-ring (bicyclic) bond motifs is 1. The maximum Gasteiger partial charge on any atom is 0.313 e. The number of morpholine rings is 1. The topological polar surface area (TPSA) is 42.0 Å². The summed E-state index contributed by atoms with van der Waals surface area (Å²) >= 11 is 0. The molecule has 0 unspecified atom stereocenters. The van der Waals surface area contributed by atoms with Crippen molar-refractivity contribution in [3.05, 3.63) is 35.9 Å². The molecule has 3 atom stereocenters. The van der Waals surface area contributed by atoms with Gasteiger partial charge in [0.25, 0.3) is 0 Å². The third kappa shape index (κ3) is 4.68. The molecule has 0 bridgehead atoms. The van der Waals surface area contributed by atoms with E-state index in [0.717, 1.165) is 78.0 Å². The van der Waals surface area contributed by atoms with Gasteiger partial charge in [0.05, 0.1) is 25.2 Å².